The number of hydrogen-bond acceptors (Lipinski definition) is 2. The Morgan fingerprint density at radius 3 is 1.79 bits per heavy atom. The Kier molecular flexibility index (Phi) is 6.73. The standard InChI is InChI=1S/C23H21F2NO2/c24-19-10-6-17(7-11-19)14-21(15-18-8-12-20(25)13-9-18)26-23(27)16-28-22-4-2-1-3-5-22/h1-13,21H,14-16H2,(H,26,27). The number of rotatable bonds is 8. The van der Waals surface area contributed by atoms with E-state index < -0.39 is 0 Å². The van der Waals surface area contributed by atoms with E-state index in [2.05, 4.69) is 5.32 Å². The van der Waals surface area contributed by atoms with Gasteiger partial charge >= 0.3 is 0 Å². The van der Waals surface area contributed by atoms with Crippen LogP contribution in [0.3, 0.4) is 0 Å². The summed E-state index contributed by atoms with van der Waals surface area (Å²) in [6.45, 7) is -0.104. The van der Waals surface area contributed by atoms with Gasteiger partial charge in [-0.1, -0.05) is 42.5 Å². The molecule has 3 nitrogen and oxygen atoms in total. The first-order valence-electron chi connectivity index (χ1n) is 9.04. The molecule has 1 amide bonds. The van der Waals surface area contributed by atoms with Crippen molar-refractivity contribution >= 4 is 5.91 Å². The summed E-state index contributed by atoms with van der Waals surface area (Å²) in [5.41, 5.74) is 1.80. The van der Waals surface area contributed by atoms with Gasteiger partial charge in [-0.3, -0.25) is 4.79 Å². The molecule has 0 bridgehead atoms. The van der Waals surface area contributed by atoms with Gasteiger partial charge in [-0.2, -0.15) is 0 Å². The summed E-state index contributed by atoms with van der Waals surface area (Å²) in [4.78, 5) is 12.4. The van der Waals surface area contributed by atoms with Crippen LogP contribution < -0.4 is 10.1 Å². The van der Waals surface area contributed by atoms with Crippen molar-refractivity contribution in [3.05, 3.63) is 102 Å². The number of amides is 1. The third kappa shape index (κ3) is 6.20. The van der Waals surface area contributed by atoms with Crippen LogP contribution in [0.15, 0.2) is 78.9 Å². The van der Waals surface area contributed by atoms with Crippen LogP contribution >= 0.6 is 0 Å². The minimum Gasteiger partial charge on any atom is -0.484 e. The van der Waals surface area contributed by atoms with E-state index in [0.29, 0.717) is 18.6 Å². The smallest absolute Gasteiger partial charge is 0.258 e. The molecule has 3 rings (SSSR count). The number of hydrogen-bond donors (Lipinski definition) is 1. The molecule has 5 heteroatoms. The number of carbonyl (C=O) groups excluding carboxylic acids is 1. The van der Waals surface area contributed by atoms with Crippen molar-refractivity contribution in [3.63, 3.8) is 0 Å². The predicted octanol–water partition coefficient (Wildman–Crippen LogP) is 4.31. The number of benzene rings is 3. The Morgan fingerprint density at radius 1 is 0.786 bits per heavy atom. The zero-order chi connectivity index (χ0) is 19.8. The average Bonchev–Trinajstić information content (AvgIpc) is 2.71. The summed E-state index contributed by atoms with van der Waals surface area (Å²) in [5.74, 6) is -0.248. The largest absolute Gasteiger partial charge is 0.484 e. The van der Waals surface area contributed by atoms with Crippen LogP contribution in [0.4, 0.5) is 8.78 Å². The molecule has 1 N–H and O–H groups in total. The third-order valence-electron chi connectivity index (χ3n) is 4.27. The van der Waals surface area contributed by atoms with Gasteiger partial charge in [-0.25, -0.2) is 8.78 Å². The Bertz CT molecular complexity index is 833. The zero-order valence-corrected chi connectivity index (χ0v) is 15.3. The molecule has 0 aliphatic heterocycles. The highest BCUT2D eigenvalue weighted by Crippen LogP contribution is 2.12. The van der Waals surface area contributed by atoms with E-state index in [0.717, 1.165) is 11.1 Å². The van der Waals surface area contributed by atoms with Crippen LogP contribution in [0.1, 0.15) is 11.1 Å². The van der Waals surface area contributed by atoms with Crippen LogP contribution in [0.5, 0.6) is 5.75 Å². The monoisotopic (exact) mass is 381 g/mol. The van der Waals surface area contributed by atoms with Crippen LogP contribution in [-0.4, -0.2) is 18.6 Å². The maximum absolute atomic E-state index is 13.2. The lowest BCUT2D eigenvalue weighted by molar-refractivity contribution is -0.123. The van der Waals surface area contributed by atoms with E-state index >= 15 is 0 Å². The molecule has 28 heavy (non-hydrogen) atoms. The van der Waals surface area contributed by atoms with Gasteiger partial charge in [-0.05, 0) is 60.4 Å². The third-order valence-corrected chi connectivity index (χ3v) is 4.27. The topological polar surface area (TPSA) is 38.3 Å². The van der Waals surface area contributed by atoms with E-state index in [9.17, 15) is 13.6 Å². The van der Waals surface area contributed by atoms with Gasteiger partial charge in [0.1, 0.15) is 17.4 Å². The lowest BCUT2D eigenvalue weighted by Gasteiger charge is -2.19. The van der Waals surface area contributed by atoms with Gasteiger partial charge in [0, 0.05) is 6.04 Å². The van der Waals surface area contributed by atoms with E-state index in [1.54, 1.807) is 36.4 Å². The summed E-state index contributed by atoms with van der Waals surface area (Å²) in [7, 11) is 0. The fraction of sp³-hybridized carbons (Fsp3) is 0.174. The fourth-order valence-corrected chi connectivity index (χ4v) is 2.92. The molecule has 0 saturated carbocycles. The van der Waals surface area contributed by atoms with Gasteiger partial charge in [0.2, 0.25) is 0 Å². The first-order valence-corrected chi connectivity index (χ1v) is 9.04. The van der Waals surface area contributed by atoms with E-state index in [4.69, 9.17) is 4.74 Å². The molecule has 0 aliphatic carbocycles. The number of para-hydroxylation sites is 1. The summed E-state index contributed by atoms with van der Waals surface area (Å²) < 4.78 is 31.8. The van der Waals surface area contributed by atoms with Crippen molar-refractivity contribution < 1.29 is 18.3 Å². The zero-order valence-electron chi connectivity index (χ0n) is 15.3. The van der Waals surface area contributed by atoms with E-state index in [1.165, 1.54) is 24.3 Å². The molecule has 3 aromatic carbocycles. The highest BCUT2D eigenvalue weighted by atomic mass is 19.1. The van der Waals surface area contributed by atoms with E-state index in [-0.39, 0.29) is 30.2 Å². The molecule has 0 aliphatic rings. The van der Waals surface area contributed by atoms with Crippen molar-refractivity contribution in [3.8, 4) is 5.75 Å². The maximum Gasteiger partial charge on any atom is 0.258 e. The van der Waals surface area contributed by atoms with Crippen molar-refractivity contribution in [1.82, 2.24) is 5.32 Å². The average molecular weight is 381 g/mol. The summed E-state index contributed by atoms with van der Waals surface area (Å²) in [6, 6.07) is 21.2. The lowest BCUT2D eigenvalue weighted by Crippen LogP contribution is -2.40. The van der Waals surface area contributed by atoms with Crippen LogP contribution in [0.25, 0.3) is 0 Å². The molecular formula is C23H21F2NO2. The molecule has 0 atom stereocenters. The molecule has 0 aromatic heterocycles. The maximum atomic E-state index is 13.2. The molecular weight excluding hydrogens is 360 g/mol. The number of nitrogens with one attached hydrogen (secondary N) is 1. The summed E-state index contributed by atoms with van der Waals surface area (Å²) in [6.07, 6.45) is 1.05. The van der Waals surface area contributed by atoms with Gasteiger partial charge in [0.05, 0.1) is 0 Å². The molecule has 0 fully saturated rings. The molecule has 0 unspecified atom stereocenters. The highest BCUT2D eigenvalue weighted by molar-refractivity contribution is 5.77. The Labute approximate surface area is 163 Å². The molecule has 0 spiro atoms. The van der Waals surface area contributed by atoms with Crippen molar-refractivity contribution in [2.45, 2.75) is 18.9 Å². The van der Waals surface area contributed by atoms with Crippen molar-refractivity contribution in [2.75, 3.05) is 6.61 Å². The van der Waals surface area contributed by atoms with E-state index in [1.807, 2.05) is 18.2 Å². The Morgan fingerprint density at radius 2 is 1.29 bits per heavy atom. The van der Waals surface area contributed by atoms with Crippen LogP contribution in [0, 0.1) is 11.6 Å². The quantitative estimate of drug-likeness (QED) is 0.631. The molecule has 144 valence electrons. The fourth-order valence-electron chi connectivity index (χ4n) is 2.92. The molecule has 0 radical (unpaired) electrons. The summed E-state index contributed by atoms with van der Waals surface area (Å²) >= 11 is 0. The highest BCUT2D eigenvalue weighted by Gasteiger charge is 2.15. The SMILES string of the molecule is O=C(COc1ccccc1)NC(Cc1ccc(F)cc1)Cc1ccc(F)cc1. The van der Waals surface area contributed by atoms with Gasteiger partial charge < -0.3 is 10.1 Å². The van der Waals surface area contributed by atoms with Gasteiger partial charge in [0.15, 0.2) is 6.61 Å². The molecule has 0 heterocycles. The first kappa shape index (κ1) is 19.5. The van der Waals surface area contributed by atoms with Crippen LogP contribution in [0.2, 0.25) is 0 Å². The van der Waals surface area contributed by atoms with Crippen molar-refractivity contribution in [1.29, 1.82) is 0 Å². The van der Waals surface area contributed by atoms with Gasteiger partial charge in [0.25, 0.3) is 5.91 Å². The summed E-state index contributed by atoms with van der Waals surface area (Å²) in [5, 5.41) is 2.96. The van der Waals surface area contributed by atoms with Gasteiger partial charge in [-0.15, -0.1) is 0 Å². The number of halogens is 2. The van der Waals surface area contributed by atoms with Crippen molar-refractivity contribution in [2.24, 2.45) is 0 Å². The minimum atomic E-state index is -0.306. The first-order chi connectivity index (χ1) is 13.6. The normalized spacial score (nSPS) is 10.7. The molecule has 0 saturated heterocycles. The second-order valence-electron chi connectivity index (χ2n) is 6.53. The Balaban J connectivity index is 1.64. The van der Waals surface area contributed by atoms with Crippen LogP contribution in [-0.2, 0) is 17.6 Å². The number of carbonyl (C=O) groups is 1. The predicted molar refractivity (Wildman–Crippen MR) is 104 cm³/mol. The number of ether oxygens (including phenoxy) is 1. The lowest BCUT2D eigenvalue weighted by atomic mass is 9.99. The molecule has 3 aromatic rings. The second-order valence-corrected chi connectivity index (χ2v) is 6.53. The minimum absolute atomic E-state index is 0.104. The Hall–Kier alpha value is -3.21. The second kappa shape index (κ2) is 9.65.